The number of benzene rings is 2. The molecule has 1 aromatic heterocycles. The molecule has 7 nitrogen and oxygen atoms in total. The van der Waals surface area contributed by atoms with Crippen LogP contribution in [0.15, 0.2) is 60.8 Å². The van der Waals surface area contributed by atoms with E-state index in [0.29, 0.717) is 23.5 Å². The lowest BCUT2D eigenvalue weighted by atomic mass is 10.1. The van der Waals surface area contributed by atoms with Gasteiger partial charge in [0.2, 0.25) is 5.91 Å². The van der Waals surface area contributed by atoms with Gasteiger partial charge in [-0.05, 0) is 61.3 Å². The molecule has 1 aliphatic heterocycles. The lowest BCUT2D eigenvalue weighted by molar-refractivity contribution is -0.141. The van der Waals surface area contributed by atoms with Crippen LogP contribution in [0, 0.1) is 0 Å². The van der Waals surface area contributed by atoms with E-state index >= 15 is 0 Å². The number of anilines is 1. The molecule has 2 heterocycles. The molecule has 10 heteroatoms. The molecule has 172 valence electrons. The molecule has 0 saturated carbocycles. The van der Waals surface area contributed by atoms with Crippen LogP contribution in [0.2, 0.25) is 0 Å². The Bertz CT molecular complexity index is 1160. The number of nitrogens with two attached hydrogens (primary N) is 1. The normalized spacial score (nSPS) is 16.6. The van der Waals surface area contributed by atoms with Gasteiger partial charge in [-0.15, -0.1) is 0 Å². The average molecular weight is 457 g/mol. The third-order valence-corrected chi connectivity index (χ3v) is 5.60. The first kappa shape index (κ1) is 22.5. The summed E-state index contributed by atoms with van der Waals surface area (Å²) in [5.41, 5.74) is 6.72. The summed E-state index contributed by atoms with van der Waals surface area (Å²) in [4.78, 5) is 26.5. The summed E-state index contributed by atoms with van der Waals surface area (Å²) >= 11 is 0. The summed E-state index contributed by atoms with van der Waals surface area (Å²) in [5, 5.41) is 6.40. The van der Waals surface area contributed by atoms with Gasteiger partial charge in [0, 0.05) is 24.0 Å². The van der Waals surface area contributed by atoms with Crippen LogP contribution in [0.5, 0.6) is 0 Å². The third-order valence-electron chi connectivity index (χ3n) is 5.60. The summed E-state index contributed by atoms with van der Waals surface area (Å²) < 4.78 is 39.4. The van der Waals surface area contributed by atoms with Crippen LogP contribution in [0.25, 0.3) is 5.69 Å². The molecule has 1 atom stereocenters. The molecule has 1 aliphatic rings. The first-order valence-electron chi connectivity index (χ1n) is 10.4. The number of alkyl halides is 3. The van der Waals surface area contributed by atoms with E-state index in [4.69, 9.17) is 5.73 Å². The lowest BCUT2D eigenvalue weighted by Crippen LogP contribution is -2.39. The van der Waals surface area contributed by atoms with Gasteiger partial charge < -0.3 is 11.1 Å². The van der Waals surface area contributed by atoms with Gasteiger partial charge in [0.05, 0.1) is 11.7 Å². The van der Waals surface area contributed by atoms with Crippen molar-refractivity contribution in [1.29, 1.82) is 0 Å². The van der Waals surface area contributed by atoms with Gasteiger partial charge in [-0.2, -0.15) is 18.3 Å². The van der Waals surface area contributed by atoms with E-state index in [1.807, 2.05) is 17.0 Å². The molecule has 2 aromatic carbocycles. The van der Waals surface area contributed by atoms with Gasteiger partial charge in [0.25, 0.3) is 5.91 Å². The molecule has 1 saturated heterocycles. The smallest absolute Gasteiger partial charge is 0.368 e. The van der Waals surface area contributed by atoms with Crippen LogP contribution in [-0.4, -0.2) is 39.1 Å². The van der Waals surface area contributed by atoms with Crippen molar-refractivity contribution >= 4 is 17.5 Å². The second-order valence-electron chi connectivity index (χ2n) is 7.83. The Morgan fingerprint density at radius 2 is 1.82 bits per heavy atom. The Kier molecular flexibility index (Phi) is 6.19. The van der Waals surface area contributed by atoms with E-state index < -0.39 is 11.9 Å². The zero-order valence-electron chi connectivity index (χ0n) is 17.5. The van der Waals surface area contributed by atoms with E-state index in [1.165, 1.54) is 30.5 Å². The quantitative estimate of drug-likeness (QED) is 0.592. The van der Waals surface area contributed by atoms with Crippen LogP contribution < -0.4 is 11.1 Å². The number of carbonyl (C=O) groups excluding carboxylic acids is 2. The number of aromatic nitrogens is 2. The molecule has 33 heavy (non-hydrogen) atoms. The fourth-order valence-electron chi connectivity index (χ4n) is 3.92. The molecule has 0 bridgehead atoms. The van der Waals surface area contributed by atoms with Crippen molar-refractivity contribution < 1.29 is 22.8 Å². The fraction of sp³-hybridized carbons (Fsp3) is 0.261. The van der Waals surface area contributed by atoms with E-state index in [0.717, 1.165) is 35.7 Å². The maximum Gasteiger partial charge on any atom is 0.435 e. The van der Waals surface area contributed by atoms with Crippen molar-refractivity contribution in [3.8, 4) is 5.69 Å². The minimum atomic E-state index is -4.52. The Morgan fingerprint density at radius 3 is 2.48 bits per heavy atom. The zero-order chi connectivity index (χ0) is 23.6. The Hall–Kier alpha value is -3.66. The minimum Gasteiger partial charge on any atom is -0.368 e. The SMILES string of the molecule is NC(=O)C1CCCN1Cc1ccccc1NC(=O)c1ccc(-n2ccc(C(F)(F)F)n2)cc1. The van der Waals surface area contributed by atoms with Crippen LogP contribution in [0.1, 0.15) is 34.5 Å². The number of hydrogen-bond donors (Lipinski definition) is 2. The molecule has 2 amide bonds. The number of likely N-dealkylation sites (tertiary alicyclic amines) is 1. The largest absolute Gasteiger partial charge is 0.435 e. The van der Waals surface area contributed by atoms with Gasteiger partial charge in [-0.1, -0.05) is 18.2 Å². The van der Waals surface area contributed by atoms with Crippen molar-refractivity contribution in [1.82, 2.24) is 14.7 Å². The molecule has 3 N–H and O–H groups in total. The molecular weight excluding hydrogens is 435 g/mol. The topological polar surface area (TPSA) is 93.3 Å². The molecule has 1 unspecified atom stereocenters. The number of rotatable bonds is 6. The number of para-hydroxylation sites is 1. The Labute approximate surface area is 188 Å². The summed E-state index contributed by atoms with van der Waals surface area (Å²) in [6, 6.07) is 14.0. The predicted molar refractivity (Wildman–Crippen MR) is 116 cm³/mol. The zero-order valence-corrected chi connectivity index (χ0v) is 17.5. The van der Waals surface area contributed by atoms with Gasteiger partial charge in [0.15, 0.2) is 5.69 Å². The van der Waals surface area contributed by atoms with Crippen LogP contribution in [-0.2, 0) is 17.5 Å². The number of carbonyl (C=O) groups is 2. The highest BCUT2D eigenvalue weighted by Gasteiger charge is 2.33. The lowest BCUT2D eigenvalue weighted by Gasteiger charge is -2.23. The highest BCUT2D eigenvalue weighted by atomic mass is 19.4. The van der Waals surface area contributed by atoms with Crippen molar-refractivity contribution in [2.75, 3.05) is 11.9 Å². The van der Waals surface area contributed by atoms with Crippen molar-refractivity contribution in [2.45, 2.75) is 31.6 Å². The Morgan fingerprint density at radius 1 is 1.09 bits per heavy atom. The number of hydrogen-bond acceptors (Lipinski definition) is 4. The standard InChI is InChI=1S/C23H22F3N5O2/c24-23(25,26)20-11-13-31(29-20)17-9-7-15(8-10-17)22(33)28-18-5-2-1-4-16(18)14-30-12-3-6-19(30)21(27)32/h1-2,4-5,7-11,13,19H,3,6,12,14H2,(H2,27,32)(H,28,33). The molecule has 0 spiro atoms. The first-order valence-corrected chi connectivity index (χ1v) is 10.4. The molecular formula is C23H22F3N5O2. The molecule has 3 aromatic rings. The number of halogens is 3. The van der Waals surface area contributed by atoms with E-state index in [1.54, 1.807) is 12.1 Å². The second kappa shape index (κ2) is 9.07. The maximum absolute atomic E-state index is 12.8. The summed E-state index contributed by atoms with van der Waals surface area (Å²) in [7, 11) is 0. The van der Waals surface area contributed by atoms with Crippen LogP contribution >= 0.6 is 0 Å². The van der Waals surface area contributed by atoms with Gasteiger partial charge in [0.1, 0.15) is 0 Å². The molecule has 0 radical (unpaired) electrons. The number of nitrogens with zero attached hydrogens (tertiary/aromatic N) is 3. The molecule has 0 aliphatic carbocycles. The van der Waals surface area contributed by atoms with E-state index in [2.05, 4.69) is 10.4 Å². The summed E-state index contributed by atoms with van der Waals surface area (Å²) in [6.45, 7) is 1.23. The van der Waals surface area contributed by atoms with E-state index in [-0.39, 0.29) is 17.9 Å². The number of amides is 2. The average Bonchev–Trinajstić information content (AvgIpc) is 3.45. The number of nitrogens with one attached hydrogen (secondary N) is 1. The monoisotopic (exact) mass is 457 g/mol. The third kappa shape index (κ3) is 5.06. The summed E-state index contributed by atoms with van der Waals surface area (Å²) in [6.07, 6.45) is -1.71. The second-order valence-corrected chi connectivity index (χ2v) is 7.83. The Balaban J connectivity index is 1.47. The highest BCUT2D eigenvalue weighted by Crippen LogP contribution is 2.28. The van der Waals surface area contributed by atoms with Gasteiger partial charge >= 0.3 is 6.18 Å². The first-order chi connectivity index (χ1) is 15.7. The van der Waals surface area contributed by atoms with Crippen molar-refractivity contribution in [3.05, 3.63) is 77.6 Å². The minimum absolute atomic E-state index is 0.318. The van der Waals surface area contributed by atoms with Gasteiger partial charge in [-0.25, -0.2) is 4.68 Å². The summed E-state index contributed by atoms with van der Waals surface area (Å²) in [5.74, 6) is -0.716. The predicted octanol–water partition coefficient (Wildman–Crippen LogP) is 3.59. The van der Waals surface area contributed by atoms with Crippen LogP contribution in [0.4, 0.5) is 18.9 Å². The fourth-order valence-corrected chi connectivity index (χ4v) is 3.92. The maximum atomic E-state index is 12.8. The molecule has 1 fully saturated rings. The van der Waals surface area contributed by atoms with Crippen molar-refractivity contribution in [2.24, 2.45) is 5.73 Å². The molecule has 4 rings (SSSR count). The van der Waals surface area contributed by atoms with Crippen LogP contribution in [0.3, 0.4) is 0 Å². The van der Waals surface area contributed by atoms with E-state index in [9.17, 15) is 22.8 Å². The number of primary amides is 1. The van der Waals surface area contributed by atoms with Gasteiger partial charge in [-0.3, -0.25) is 14.5 Å². The highest BCUT2D eigenvalue weighted by molar-refractivity contribution is 6.04. The van der Waals surface area contributed by atoms with Crippen molar-refractivity contribution in [3.63, 3.8) is 0 Å².